The number of aromatic amines is 1. The summed E-state index contributed by atoms with van der Waals surface area (Å²) < 4.78 is 6.88. The number of benzene rings is 1. The molecule has 0 atom stereocenters. The second-order valence-corrected chi connectivity index (χ2v) is 6.31. The highest BCUT2D eigenvalue weighted by atomic mass is 32.1. The molecule has 3 rings (SSSR count). The molecule has 2 heterocycles. The van der Waals surface area contributed by atoms with Crippen molar-refractivity contribution in [3.8, 4) is 11.3 Å². The number of nitrogens with one attached hydrogen (secondary N) is 1. The number of hydrogen-bond acceptors (Lipinski definition) is 5. The van der Waals surface area contributed by atoms with Crippen LogP contribution in [0.1, 0.15) is 17.7 Å². The number of unbranched alkanes of at least 4 members (excludes halogenated alkanes) is 1. The highest BCUT2D eigenvalue weighted by Gasteiger charge is 2.14. The van der Waals surface area contributed by atoms with Crippen molar-refractivity contribution < 1.29 is 4.42 Å². The Kier molecular flexibility index (Phi) is 4.00. The van der Waals surface area contributed by atoms with Gasteiger partial charge in [-0.05, 0) is 38.4 Å². The zero-order chi connectivity index (χ0) is 15.7. The number of oxazole rings is 1. The second-order valence-electron chi connectivity index (χ2n) is 5.15. The minimum Gasteiger partial charge on any atom is -0.408 e. The lowest BCUT2D eigenvalue weighted by Gasteiger charge is -2.08. The molecule has 3 aromatic rings. The van der Waals surface area contributed by atoms with Crippen molar-refractivity contribution in [2.24, 2.45) is 5.73 Å². The van der Waals surface area contributed by atoms with Gasteiger partial charge in [-0.2, -0.15) is 0 Å². The highest BCUT2D eigenvalue weighted by molar-refractivity contribution is 7.09. The predicted octanol–water partition coefficient (Wildman–Crippen LogP) is 2.06. The molecule has 0 saturated carbocycles. The Morgan fingerprint density at radius 1 is 1.32 bits per heavy atom. The third kappa shape index (κ3) is 2.65. The molecule has 2 aromatic heterocycles. The van der Waals surface area contributed by atoms with Gasteiger partial charge in [0, 0.05) is 17.0 Å². The number of aromatic nitrogens is 2. The third-order valence-electron chi connectivity index (χ3n) is 3.59. The van der Waals surface area contributed by atoms with Crippen LogP contribution in [0.25, 0.3) is 22.4 Å². The Morgan fingerprint density at radius 3 is 2.91 bits per heavy atom. The average Bonchev–Trinajstić information content (AvgIpc) is 2.97. The first kappa shape index (κ1) is 14.8. The van der Waals surface area contributed by atoms with Crippen LogP contribution >= 0.6 is 11.3 Å². The second kappa shape index (κ2) is 5.94. The van der Waals surface area contributed by atoms with Crippen LogP contribution in [-0.4, -0.2) is 16.1 Å². The smallest absolute Gasteiger partial charge is 0.408 e. The molecule has 0 fully saturated rings. The standard InChI is InChI=1S/C15H17N3O3S/c1-9-13(18(15(20)22-9)7-3-2-6-16)10-4-5-11-12(8-10)21-14(19)17-11/h4-5,8H,2-3,6-7,16H2,1H3,(H,17,19). The van der Waals surface area contributed by atoms with E-state index < -0.39 is 5.76 Å². The van der Waals surface area contributed by atoms with Gasteiger partial charge >= 0.3 is 10.6 Å². The summed E-state index contributed by atoms with van der Waals surface area (Å²) in [6.45, 7) is 3.19. The topological polar surface area (TPSA) is 94.0 Å². The number of hydrogen-bond donors (Lipinski definition) is 2. The summed E-state index contributed by atoms with van der Waals surface area (Å²) in [6, 6.07) is 5.48. The molecule has 7 heteroatoms. The SMILES string of the molecule is Cc1sc(=O)n(CCCCN)c1-c1ccc2[nH]c(=O)oc2c1. The minimum atomic E-state index is -0.477. The van der Waals surface area contributed by atoms with E-state index in [-0.39, 0.29) is 4.87 Å². The summed E-state index contributed by atoms with van der Waals surface area (Å²) in [4.78, 5) is 27.0. The highest BCUT2D eigenvalue weighted by Crippen LogP contribution is 2.27. The van der Waals surface area contributed by atoms with E-state index in [2.05, 4.69) is 4.98 Å². The lowest BCUT2D eigenvalue weighted by atomic mass is 10.1. The van der Waals surface area contributed by atoms with Gasteiger partial charge in [0.1, 0.15) is 0 Å². The van der Waals surface area contributed by atoms with Crippen LogP contribution < -0.4 is 16.4 Å². The van der Waals surface area contributed by atoms with E-state index in [0.717, 1.165) is 29.0 Å². The summed E-state index contributed by atoms with van der Waals surface area (Å²) in [5.41, 5.74) is 8.43. The first-order valence-corrected chi connectivity index (χ1v) is 7.95. The van der Waals surface area contributed by atoms with Gasteiger partial charge in [-0.15, -0.1) is 0 Å². The number of nitrogens with two attached hydrogens (primary N) is 1. The molecule has 0 bridgehead atoms. The van der Waals surface area contributed by atoms with E-state index in [1.807, 2.05) is 13.0 Å². The van der Waals surface area contributed by atoms with Crippen molar-refractivity contribution in [2.45, 2.75) is 26.3 Å². The maximum atomic E-state index is 12.2. The molecule has 0 saturated heterocycles. The summed E-state index contributed by atoms with van der Waals surface area (Å²) in [5, 5.41) is 0. The molecule has 0 radical (unpaired) electrons. The molecule has 0 spiro atoms. The van der Waals surface area contributed by atoms with Crippen LogP contribution in [-0.2, 0) is 6.54 Å². The molecular weight excluding hydrogens is 302 g/mol. The largest absolute Gasteiger partial charge is 0.417 e. The average molecular weight is 319 g/mol. The van der Waals surface area contributed by atoms with Gasteiger partial charge in [-0.1, -0.05) is 17.4 Å². The lowest BCUT2D eigenvalue weighted by Crippen LogP contribution is -2.15. The maximum absolute atomic E-state index is 12.2. The van der Waals surface area contributed by atoms with Crippen molar-refractivity contribution in [1.82, 2.24) is 9.55 Å². The van der Waals surface area contributed by atoms with E-state index >= 15 is 0 Å². The van der Waals surface area contributed by atoms with Gasteiger partial charge in [0.15, 0.2) is 5.58 Å². The quantitative estimate of drug-likeness (QED) is 0.704. The van der Waals surface area contributed by atoms with Crippen LogP contribution in [0.15, 0.2) is 32.2 Å². The first-order valence-electron chi connectivity index (χ1n) is 7.13. The molecule has 0 aliphatic heterocycles. The van der Waals surface area contributed by atoms with Gasteiger partial charge in [0.05, 0.1) is 11.2 Å². The van der Waals surface area contributed by atoms with Gasteiger partial charge in [-0.3, -0.25) is 14.3 Å². The minimum absolute atomic E-state index is 0.0279. The Morgan fingerprint density at radius 2 is 2.14 bits per heavy atom. The van der Waals surface area contributed by atoms with Gasteiger partial charge in [0.2, 0.25) is 0 Å². The number of nitrogens with zero attached hydrogens (tertiary/aromatic N) is 1. The zero-order valence-electron chi connectivity index (χ0n) is 12.2. The van der Waals surface area contributed by atoms with Gasteiger partial charge in [-0.25, -0.2) is 4.79 Å². The van der Waals surface area contributed by atoms with Crippen LogP contribution in [0, 0.1) is 6.92 Å². The van der Waals surface area contributed by atoms with Crippen molar-refractivity contribution in [3.05, 3.63) is 43.3 Å². The monoisotopic (exact) mass is 319 g/mol. The Balaban J connectivity index is 2.08. The normalized spacial score (nSPS) is 11.4. The van der Waals surface area contributed by atoms with Crippen LogP contribution in [0.2, 0.25) is 0 Å². The molecule has 3 N–H and O–H groups in total. The third-order valence-corrected chi connectivity index (χ3v) is 4.49. The number of H-pyrrole nitrogens is 1. The maximum Gasteiger partial charge on any atom is 0.417 e. The molecular formula is C15H17N3O3S. The van der Waals surface area contributed by atoms with Crippen molar-refractivity contribution in [1.29, 1.82) is 0 Å². The fourth-order valence-corrected chi connectivity index (χ4v) is 3.46. The van der Waals surface area contributed by atoms with E-state index in [0.29, 0.717) is 24.2 Å². The molecule has 0 aliphatic carbocycles. The van der Waals surface area contributed by atoms with E-state index in [4.69, 9.17) is 10.2 Å². The summed E-state index contributed by atoms with van der Waals surface area (Å²) >= 11 is 1.24. The van der Waals surface area contributed by atoms with Crippen molar-refractivity contribution >= 4 is 22.4 Å². The van der Waals surface area contributed by atoms with Gasteiger partial charge < -0.3 is 10.2 Å². The van der Waals surface area contributed by atoms with E-state index in [9.17, 15) is 9.59 Å². The number of fused-ring (bicyclic) bond motifs is 1. The van der Waals surface area contributed by atoms with Crippen molar-refractivity contribution in [2.75, 3.05) is 6.54 Å². The van der Waals surface area contributed by atoms with Crippen molar-refractivity contribution in [3.63, 3.8) is 0 Å². The fraction of sp³-hybridized carbons (Fsp3) is 0.333. The summed E-state index contributed by atoms with van der Waals surface area (Å²) in [6.07, 6.45) is 1.74. The first-order chi connectivity index (χ1) is 10.6. The molecule has 6 nitrogen and oxygen atoms in total. The summed E-state index contributed by atoms with van der Waals surface area (Å²) in [5.74, 6) is -0.477. The number of aryl methyl sites for hydroxylation is 1. The van der Waals surface area contributed by atoms with Crippen LogP contribution in [0.5, 0.6) is 0 Å². The number of rotatable bonds is 5. The summed E-state index contributed by atoms with van der Waals surface area (Å²) in [7, 11) is 0. The van der Waals surface area contributed by atoms with Crippen LogP contribution in [0.3, 0.4) is 0 Å². The molecule has 0 aliphatic rings. The number of thiazole rings is 1. The molecule has 1 aromatic carbocycles. The Labute approximate surface area is 130 Å². The Bertz CT molecular complexity index is 916. The van der Waals surface area contributed by atoms with E-state index in [1.165, 1.54) is 11.3 Å². The van der Waals surface area contributed by atoms with E-state index in [1.54, 1.807) is 16.7 Å². The molecule has 0 amide bonds. The fourth-order valence-electron chi connectivity index (χ4n) is 2.58. The Hall–Kier alpha value is -2.12. The molecule has 116 valence electrons. The predicted molar refractivity (Wildman–Crippen MR) is 87.4 cm³/mol. The van der Waals surface area contributed by atoms with Crippen LogP contribution in [0.4, 0.5) is 0 Å². The lowest BCUT2D eigenvalue weighted by molar-refractivity contribution is 0.555. The zero-order valence-corrected chi connectivity index (χ0v) is 13.0. The molecule has 0 unspecified atom stereocenters. The van der Waals surface area contributed by atoms with Gasteiger partial charge in [0.25, 0.3) is 0 Å². The molecule has 22 heavy (non-hydrogen) atoms.